The van der Waals surface area contributed by atoms with Gasteiger partial charge in [-0.15, -0.1) is 0 Å². The molecule has 0 saturated heterocycles. The van der Waals surface area contributed by atoms with Crippen LogP contribution in [0.25, 0.3) is 11.0 Å². The standard InChI is InChI=1S/C12H14N6O2/c1-8-4-9(20-17-8)5-13-11-10-6-16-18(2-3-19)12(10)15-7-14-11/h4,6-7,19H,2-3,5H2,1H3,(H,13,14,15). The molecule has 0 amide bonds. The number of aromatic nitrogens is 5. The third kappa shape index (κ3) is 2.32. The predicted octanol–water partition coefficient (Wildman–Crippen LogP) is 0.727. The van der Waals surface area contributed by atoms with Crippen molar-refractivity contribution in [2.75, 3.05) is 11.9 Å². The summed E-state index contributed by atoms with van der Waals surface area (Å²) in [5.41, 5.74) is 1.52. The first-order valence-electron chi connectivity index (χ1n) is 6.21. The summed E-state index contributed by atoms with van der Waals surface area (Å²) in [6.07, 6.45) is 3.14. The lowest BCUT2D eigenvalue weighted by Crippen LogP contribution is -2.05. The average molecular weight is 274 g/mol. The van der Waals surface area contributed by atoms with Crippen molar-refractivity contribution in [3.05, 3.63) is 30.0 Å². The number of anilines is 1. The van der Waals surface area contributed by atoms with E-state index < -0.39 is 0 Å². The fourth-order valence-corrected chi connectivity index (χ4v) is 1.96. The third-order valence-corrected chi connectivity index (χ3v) is 2.85. The molecule has 2 N–H and O–H groups in total. The summed E-state index contributed by atoms with van der Waals surface area (Å²) in [4.78, 5) is 8.38. The van der Waals surface area contributed by atoms with Crippen molar-refractivity contribution in [2.45, 2.75) is 20.0 Å². The molecular weight excluding hydrogens is 260 g/mol. The fraction of sp³-hybridized carbons (Fsp3) is 0.333. The predicted molar refractivity (Wildman–Crippen MR) is 71.0 cm³/mol. The number of aryl methyl sites for hydroxylation is 1. The molecule has 3 heterocycles. The first kappa shape index (κ1) is 12.5. The van der Waals surface area contributed by atoms with Crippen molar-refractivity contribution in [2.24, 2.45) is 0 Å². The minimum Gasteiger partial charge on any atom is -0.394 e. The zero-order valence-corrected chi connectivity index (χ0v) is 10.9. The Morgan fingerprint density at radius 3 is 3.05 bits per heavy atom. The summed E-state index contributed by atoms with van der Waals surface area (Å²) in [5.74, 6) is 1.41. The smallest absolute Gasteiger partial charge is 0.163 e. The van der Waals surface area contributed by atoms with Crippen molar-refractivity contribution in [3.63, 3.8) is 0 Å². The average Bonchev–Trinajstić information content (AvgIpc) is 3.04. The maximum Gasteiger partial charge on any atom is 0.163 e. The molecule has 8 nitrogen and oxygen atoms in total. The van der Waals surface area contributed by atoms with Crippen LogP contribution in [0.2, 0.25) is 0 Å². The number of hydrogen-bond donors (Lipinski definition) is 2. The van der Waals surface area contributed by atoms with Gasteiger partial charge < -0.3 is 14.9 Å². The minimum atomic E-state index is 0.0148. The molecule has 0 radical (unpaired) electrons. The zero-order valence-electron chi connectivity index (χ0n) is 10.9. The van der Waals surface area contributed by atoms with Gasteiger partial charge in [0.2, 0.25) is 0 Å². The minimum absolute atomic E-state index is 0.0148. The van der Waals surface area contributed by atoms with E-state index in [1.807, 2.05) is 13.0 Å². The summed E-state index contributed by atoms with van der Waals surface area (Å²) < 4.78 is 6.77. The van der Waals surface area contributed by atoms with Gasteiger partial charge in [-0.25, -0.2) is 14.6 Å². The molecule has 0 aromatic carbocycles. The van der Waals surface area contributed by atoms with E-state index in [0.717, 1.165) is 16.8 Å². The van der Waals surface area contributed by atoms with Crippen LogP contribution < -0.4 is 5.32 Å². The van der Waals surface area contributed by atoms with Crippen LogP contribution in [0.4, 0.5) is 5.82 Å². The quantitative estimate of drug-likeness (QED) is 0.707. The molecule has 0 bridgehead atoms. The van der Waals surface area contributed by atoms with Gasteiger partial charge in [-0.05, 0) is 6.92 Å². The van der Waals surface area contributed by atoms with E-state index in [-0.39, 0.29) is 6.61 Å². The molecule has 0 fully saturated rings. The number of aliphatic hydroxyl groups excluding tert-OH is 1. The summed E-state index contributed by atoms with van der Waals surface area (Å²) in [6, 6.07) is 1.86. The Bertz CT molecular complexity index is 720. The van der Waals surface area contributed by atoms with Gasteiger partial charge in [0.05, 0.1) is 37.0 Å². The highest BCUT2D eigenvalue weighted by molar-refractivity contribution is 5.85. The number of fused-ring (bicyclic) bond motifs is 1. The van der Waals surface area contributed by atoms with Crippen LogP contribution in [0.15, 0.2) is 23.1 Å². The van der Waals surface area contributed by atoms with Gasteiger partial charge in [0.1, 0.15) is 12.1 Å². The van der Waals surface area contributed by atoms with Crippen LogP contribution in [-0.4, -0.2) is 36.6 Å². The molecular formula is C12H14N6O2. The molecule has 20 heavy (non-hydrogen) atoms. The Morgan fingerprint density at radius 1 is 1.40 bits per heavy atom. The molecule has 104 valence electrons. The Labute approximate surface area is 114 Å². The molecule has 0 spiro atoms. The van der Waals surface area contributed by atoms with Crippen molar-refractivity contribution in [1.82, 2.24) is 24.9 Å². The van der Waals surface area contributed by atoms with Crippen LogP contribution in [-0.2, 0) is 13.1 Å². The summed E-state index contributed by atoms with van der Waals surface area (Å²) in [5, 5.41) is 21.0. The van der Waals surface area contributed by atoms with Gasteiger partial charge in [-0.1, -0.05) is 5.16 Å². The Balaban J connectivity index is 1.84. The van der Waals surface area contributed by atoms with E-state index >= 15 is 0 Å². The molecule has 0 saturated carbocycles. The topological polar surface area (TPSA) is 102 Å². The van der Waals surface area contributed by atoms with Gasteiger partial charge in [-0.2, -0.15) is 5.10 Å². The zero-order chi connectivity index (χ0) is 13.9. The highest BCUT2D eigenvalue weighted by Gasteiger charge is 2.10. The molecule has 0 unspecified atom stereocenters. The summed E-state index contributed by atoms with van der Waals surface area (Å²) in [7, 11) is 0. The third-order valence-electron chi connectivity index (χ3n) is 2.85. The van der Waals surface area contributed by atoms with Crippen molar-refractivity contribution in [1.29, 1.82) is 0 Å². The van der Waals surface area contributed by atoms with Crippen LogP contribution in [0.5, 0.6) is 0 Å². The molecule has 3 aromatic rings. The van der Waals surface area contributed by atoms with Crippen LogP contribution >= 0.6 is 0 Å². The number of nitrogens with zero attached hydrogens (tertiary/aromatic N) is 5. The van der Waals surface area contributed by atoms with Crippen molar-refractivity contribution < 1.29 is 9.63 Å². The molecule has 0 aliphatic carbocycles. The van der Waals surface area contributed by atoms with E-state index in [1.54, 1.807) is 10.9 Å². The van der Waals surface area contributed by atoms with Crippen molar-refractivity contribution in [3.8, 4) is 0 Å². The van der Waals surface area contributed by atoms with E-state index in [2.05, 4.69) is 25.5 Å². The van der Waals surface area contributed by atoms with Crippen LogP contribution in [0.3, 0.4) is 0 Å². The molecule has 0 aliphatic rings. The van der Waals surface area contributed by atoms with E-state index in [0.29, 0.717) is 24.6 Å². The lowest BCUT2D eigenvalue weighted by atomic mass is 10.3. The maximum absolute atomic E-state index is 8.98. The highest BCUT2D eigenvalue weighted by Crippen LogP contribution is 2.19. The molecule has 8 heteroatoms. The maximum atomic E-state index is 8.98. The van der Waals surface area contributed by atoms with Crippen molar-refractivity contribution >= 4 is 16.9 Å². The Hall–Kier alpha value is -2.48. The Morgan fingerprint density at radius 2 is 2.30 bits per heavy atom. The normalized spacial score (nSPS) is 11.1. The molecule has 0 aliphatic heterocycles. The van der Waals surface area contributed by atoms with Gasteiger partial charge in [0, 0.05) is 6.07 Å². The number of aliphatic hydroxyl groups is 1. The SMILES string of the molecule is Cc1cc(CNc2ncnc3c2cnn3CCO)on1. The molecule has 3 aromatic heterocycles. The molecule has 0 atom stereocenters. The van der Waals surface area contributed by atoms with Gasteiger partial charge >= 0.3 is 0 Å². The van der Waals surface area contributed by atoms with Crippen LogP contribution in [0.1, 0.15) is 11.5 Å². The highest BCUT2D eigenvalue weighted by atomic mass is 16.5. The first-order chi connectivity index (χ1) is 9.78. The lowest BCUT2D eigenvalue weighted by molar-refractivity contribution is 0.271. The second kappa shape index (κ2) is 5.25. The Kier molecular flexibility index (Phi) is 3.30. The summed E-state index contributed by atoms with van der Waals surface area (Å²) >= 11 is 0. The van der Waals surface area contributed by atoms with E-state index in [1.165, 1.54) is 6.33 Å². The van der Waals surface area contributed by atoms with E-state index in [9.17, 15) is 0 Å². The summed E-state index contributed by atoms with van der Waals surface area (Å²) in [6.45, 7) is 2.77. The number of rotatable bonds is 5. The largest absolute Gasteiger partial charge is 0.394 e. The number of nitrogens with one attached hydrogen (secondary N) is 1. The lowest BCUT2D eigenvalue weighted by Gasteiger charge is -2.04. The number of hydrogen-bond acceptors (Lipinski definition) is 7. The second-order valence-electron chi connectivity index (χ2n) is 4.34. The van der Waals surface area contributed by atoms with Gasteiger partial charge in [0.15, 0.2) is 11.4 Å². The molecule has 3 rings (SSSR count). The first-order valence-corrected chi connectivity index (χ1v) is 6.21. The second-order valence-corrected chi connectivity index (χ2v) is 4.34. The monoisotopic (exact) mass is 274 g/mol. The van der Waals surface area contributed by atoms with E-state index in [4.69, 9.17) is 9.63 Å². The van der Waals surface area contributed by atoms with Crippen LogP contribution in [0, 0.1) is 6.92 Å². The van der Waals surface area contributed by atoms with Gasteiger partial charge in [-0.3, -0.25) is 0 Å². The van der Waals surface area contributed by atoms with Gasteiger partial charge in [0.25, 0.3) is 0 Å². The fourth-order valence-electron chi connectivity index (χ4n) is 1.96.